The predicted octanol–water partition coefficient (Wildman–Crippen LogP) is 0.0595. The Balaban J connectivity index is 2.02. The number of rotatable bonds is 3. The zero-order valence-corrected chi connectivity index (χ0v) is 8.58. The smallest absolute Gasteiger partial charge is 0.144 e. The second-order valence-electron chi connectivity index (χ2n) is 3.90. The van der Waals surface area contributed by atoms with Crippen molar-refractivity contribution in [3.05, 3.63) is 17.5 Å². The molecule has 0 radical (unpaired) electrons. The molecular formula is C10H15N3O. The standard InChI is InChI=1S/C10H15N3O/c1-7-3-9(13(2)12-7)4-10(14)8-5-11-6-8/h3,8,11H,4-6H2,1-2H3. The van der Waals surface area contributed by atoms with Gasteiger partial charge in [0.1, 0.15) is 5.78 Å². The third-order valence-electron chi connectivity index (χ3n) is 2.69. The first-order chi connectivity index (χ1) is 6.66. The molecular weight excluding hydrogens is 178 g/mol. The van der Waals surface area contributed by atoms with Crippen LogP contribution in [0.5, 0.6) is 0 Å². The van der Waals surface area contributed by atoms with Crippen LogP contribution in [0, 0.1) is 12.8 Å². The minimum absolute atomic E-state index is 0.227. The highest BCUT2D eigenvalue weighted by atomic mass is 16.1. The van der Waals surface area contributed by atoms with Crippen molar-refractivity contribution in [3.63, 3.8) is 0 Å². The number of aryl methyl sites for hydroxylation is 2. The molecule has 1 fully saturated rings. The summed E-state index contributed by atoms with van der Waals surface area (Å²) in [7, 11) is 1.88. The van der Waals surface area contributed by atoms with Gasteiger partial charge in [0.05, 0.1) is 5.69 Å². The van der Waals surface area contributed by atoms with E-state index in [1.807, 2.05) is 20.0 Å². The highest BCUT2D eigenvalue weighted by molar-refractivity contribution is 5.84. The van der Waals surface area contributed by atoms with Gasteiger partial charge in [0.15, 0.2) is 0 Å². The molecule has 1 aliphatic heterocycles. The Morgan fingerprint density at radius 2 is 2.43 bits per heavy atom. The highest BCUT2D eigenvalue weighted by Gasteiger charge is 2.25. The van der Waals surface area contributed by atoms with Gasteiger partial charge in [0.2, 0.25) is 0 Å². The Labute approximate surface area is 83.3 Å². The maximum atomic E-state index is 11.7. The molecule has 0 aliphatic carbocycles. The maximum absolute atomic E-state index is 11.7. The number of carbonyl (C=O) groups is 1. The van der Waals surface area contributed by atoms with Gasteiger partial charge >= 0.3 is 0 Å². The van der Waals surface area contributed by atoms with Gasteiger partial charge in [0.25, 0.3) is 0 Å². The van der Waals surface area contributed by atoms with Crippen LogP contribution < -0.4 is 5.32 Å². The monoisotopic (exact) mass is 193 g/mol. The number of hydrogen-bond acceptors (Lipinski definition) is 3. The van der Waals surface area contributed by atoms with Gasteiger partial charge in [-0.05, 0) is 13.0 Å². The molecule has 0 atom stereocenters. The van der Waals surface area contributed by atoms with Gasteiger partial charge in [-0.15, -0.1) is 0 Å². The van der Waals surface area contributed by atoms with Crippen molar-refractivity contribution in [3.8, 4) is 0 Å². The van der Waals surface area contributed by atoms with Crippen LogP contribution in [-0.2, 0) is 18.3 Å². The third-order valence-corrected chi connectivity index (χ3v) is 2.69. The van der Waals surface area contributed by atoms with Crippen LogP contribution in [0.3, 0.4) is 0 Å². The molecule has 2 rings (SSSR count). The summed E-state index contributed by atoms with van der Waals surface area (Å²) in [6.07, 6.45) is 0.518. The van der Waals surface area contributed by atoms with Gasteiger partial charge in [-0.2, -0.15) is 5.10 Å². The first-order valence-electron chi connectivity index (χ1n) is 4.90. The van der Waals surface area contributed by atoms with Crippen molar-refractivity contribution >= 4 is 5.78 Å². The molecule has 2 heterocycles. The molecule has 0 amide bonds. The van der Waals surface area contributed by atoms with Crippen molar-refractivity contribution in [2.24, 2.45) is 13.0 Å². The number of nitrogens with one attached hydrogen (secondary N) is 1. The molecule has 1 aromatic rings. The Morgan fingerprint density at radius 1 is 1.71 bits per heavy atom. The number of carbonyl (C=O) groups excluding carboxylic acids is 1. The van der Waals surface area contributed by atoms with Crippen LogP contribution in [0.4, 0.5) is 0 Å². The summed E-state index contributed by atoms with van der Waals surface area (Å²) < 4.78 is 1.79. The summed E-state index contributed by atoms with van der Waals surface area (Å²) in [6, 6.07) is 1.98. The number of Topliss-reactive ketones (excluding diaryl/α,β-unsaturated/α-hetero) is 1. The largest absolute Gasteiger partial charge is 0.315 e. The van der Waals surface area contributed by atoms with Gasteiger partial charge in [-0.3, -0.25) is 9.48 Å². The molecule has 1 saturated heterocycles. The van der Waals surface area contributed by atoms with Crippen molar-refractivity contribution < 1.29 is 4.79 Å². The molecule has 0 saturated carbocycles. The molecule has 1 aliphatic rings. The average molecular weight is 193 g/mol. The highest BCUT2D eigenvalue weighted by Crippen LogP contribution is 2.10. The molecule has 4 heteroatoms. The van der Waals surface area contributed by atoms with E-state index < -0.39 is 0 Å². The van der Waals surface area contributed by atoms with E-state index in [0.29, 0.717) is 12.2 Å². The van der Waals surface area contributed by atoms with Crippen molar-refractivity contribution in [1.29, 1.82) is 0 Å². The van der Waals surface area contributed by atoms with E-state index in [-0.39, 0.29) is 5.92 Å². The van der Waals surface area contributed by atoms with E-state index in [1.165, 1.54) is 0 Å². The molecule has 1 aromatic heterocycles. The second kappa shape index (κ2) is 3.53. The fraction of sp³-hybridized carbons (Fsp3) is 0.600. The summed E-state index contributed by atoms with van der Waals surface area (Å²) in [5.41, 5.74) is 1.99. The quantitative estimate of drug-likeness (QED) is 0.738. The van der Waals surface area contributed by atoms with Crippen LogP contribution in [0.1, 0.15) is 11.4 Å². The molecule has 76 valence electrons. The van der Waals surface area contributed by atoms with E-state index >= 15 is 0 Å². The maximum Gasteiger partial charge on any atom is 0.144 e. The van der Waals surface area contributed by atoms with Crippen molar-refractivity contribution in [1.82, 2.24) is 15.1 Å². The lowest BCUT2D eigenvalue weighted by Gasteiger charge is -2.25. The fourth-order valence-corrected chi connectivity index (χ4v) is 1.67. The topological polar surface area (TPSA) is 46.9 Å². The van der Waals surface area contributed by atoms with Crippen LogP contribution >= 0.6 is 0 Å². The summed E-state index contributed by atoms with van der Waals surface area (Å²) in [5.74, 6) is 0.553. The van der Waals surface area contributed by atoms with E-state index in [0.717, 1.165) is 24.5 Å². The van der Waals surface area contributed by atoms with Gasteiger partial charge in [0, 0.05) is 38.2 Å². The minimum Gasteiger partial charge on any atom is -0.315 e. The van der Waals surface area contributed by atoms with Crippen molar-refractivity contribution in [2.75, 3.05) is 13.1 Å². The second-order valence-corrected chi connectivity index (χ2v) is 3.90. The first kappa shape index (κ1) is 9.40. The zero-order valence-electron chi connectivity index (χ0n) is 8.58. The molecule has 0 bridgehead atoms. The van der Waals surface area contributed by atoms with Crippen LogP contribution in [0.2, 0.25) is 0 Å². The van der Waals surface area contributed by atoms with E-state index in [4.69, 9.17) is 0 Å². The lowest BCUT2D eigenvalue weighted by atomic mass is 9.95. The normalized spacial score (nSPS) is 16.7. The molecule has 0 aromatic carbocycles. The minimum atomic E-state index is 0.227. The number of hydrogen-bond donors (Lipinski definition) is 1. The fourth-order valence-electron chi connectivity index (χ4n) is 1.67. The van der Waals surface area contributed by atoms with E-state index in [1.54, 1.807) is 4.68 Å². The molecule has 0 spiro atoms. The molecule has 4 nitrogen and oxygen atoms in total. The summed E-state index contributed by atoms with van der Waals surface area (Å²) >= 11 is 0. The van der Waals surface area contributed by atoms with E-state index in [9.17, 15) is 4.79 Å². The number of nitrogens with zero attached hydrogens (tertiary/aromatic N) is 2. The lowest BCUT2D eigenvalue weighted by Crippen LogP contribution is -2.47. The lowest BCUT2D eigenvalue weighted by molar-refractivity contribution is -0.123. The summed E-state index contributed by atoms with van der Waals surface area (Å²) in [4.78, 5) is 11.7. The third kappa shape index (κ3) is 1.70. The molecule has 14 heavy (non-hydrogen) atoms. The Hall–Kier alpha value is -1.16. The van der Waals surface area contributed by atoms with E-state index in [2.05, 4.69) is 10.4 Å². The number of aromatic nitrogens is 2. The molecule has 1 N–H and O–H groups in total. The van der Waals surface area contributed by atoms with Gasteiger partial charge < -0.3 is 5.32 Å². The Morgan fingerprint density at radius 3 is 2.86 bits per heavy atom. The van der Waals surface area contributed by atoms with Crippen LogP contribution in [0.25, 0.3) is 0 Å². The van der Waals surface area contributed by atoms with Crippen LogP contribution in [0.15, 0.2) is 6.07 Å². The Kier molecular flexibility index (Phi) is 2.37. The molecule has 0 unspecified atom stereocenters. The Bertz CT molecular complexity index is 352. The van der Waals surface area contributed by atoms with Gasteiger partial charge in [-0.1, -0.05) is 0 Å². The van der Waals surface area contributed by atoms with Crippen molar-refractivity contribution in [2.45, 2.75) is 13.3 Å². The van der Waals surface area contributed by atoms with Crippen LogP contribution in [-0.4, -0.2) is 28.7 Å². The predicted molar refractivity (Wildman–Crippen MR) is 53.0 cm³/mol. The number of ketones is 1. The zero-order chi connectivity index (χ0) is 10.1. The first-order valence-corrected chi connectivity index (χ1v) is 4.90. The average Bonchev–Trinajstić information content (AvgIpc) is 2.26. The summed E-state index contributed by atoms with van der Waals surface area (Å²) in [5, 5.41) is 7.32. The summed E-state index contributed by atoms with van der Waals surface area (Å²) in [6.45, 7) is 3.63. The van der Waals surface area contributed by atoms with Gasteiger partial charge in [-0.25, -0.2) is 0 Å². The SMILES string of the molecule is Cc1cc(CC(=O)C2CNC2)n(C)n1.